The minimum Gasteiger partial charge on any atom is -0.369 e. The van der Waals surface area contributed by atoms with E-state index < -0.39 is 16.8 Å². The molecule has 1 aliphatic heterocycles. The van der Waals surface area contributed by atoms with Gasteiger partial charge in [0.05, 0.1) is 10.5 Å². The first-order chi connectivity index (χ1) is 10.5. The van der Waals surface area contributed by atoms with E-state index in [0.29, 0.717) is 5.56 Å². The van der Waals surface area contributed by atoms with Gasteiger partial charge in [0.1, 0.15) is 17.8 Å². The quantitative estimate of drug-likeness (QED) is 0.365. The number of aliphatic imine (C=N–C) groups is 1. The Morgan fingerprint density at radius 2 is 2.18 bits per heavy atom. The molecule has 0 fully saturated rings. The minimum absolute atomic E-state index is 0.0125. The number of benzene rings is 1. The Morgan fingerprint density at radius 1 is 1.45 bits per heavy atom. The highest BCUT2D eigenvalue weighted by Crippen LogP contribution is 2.22. The molecule has 1 unspecified atom stereocenters. The van der Waals surface area contributed by atoms with Crippen molar-refractivity contribution >= 4 is 23.1 Å². The summed E-state index contributed by atoms with van der Waals surface area (Å²) >= 11 is 0. The number of nitro groups is 1. The monoisotopic (exact) mass is 300 g/mol. The number of nitrogens with zero attached hydrogens (tertiary/aromatic N) is 2. The van der Waals surface area contributed by atoms with Crippen molar-refractivity contribution in [3.8, 4) is 0 Å². The fraction of sp³-hybridized carbons (Fsp3) is 0.200. The number of methoxy groups -OCH3 is 1. The smallest absolute Gasteiger partial charge is 0.273 e. The van der Waals surface area contributed by atoms with E-state index in [0.717, 1.165) is 0 Å². The second kappa shape index (κ2) is 6.26. The maximum absolute atomic E-state index is 12.5. The summed E-state index contributed by atoms with van der Waals surface area (Å²) in [6, 6.07) is 4.15. The number of aryl methyl sites for hydroxylation is 1. The summed E-state index contributed by atoms with van der Waals surface area (Å²) in [7, 11) is 1.33. The van der Waals surface area contributed by atoms with Gasteiger partial charge < -0.3 is 4.74 Å². The summed E-state index contributed by atoms with van der Waals surface area (Å²) in [4.78, 5) is 37.7. The molecule has 2 rings (SSSR count). The van der Waals surface area contributed by atoms with Gasteiger partial charge in [0.2, 0.25) is 5.78 Å². The highest BCUT2D eigenvalue weighted by molar-refractivity contribution is 6.48. The Bertz CT molecular complexity index is 757. The third-order valence-electron chi connectivity index (χ3n) is 3.25. The Labute approximate surface area is 125 Å². The van der Waals surface area contributed by atoms with Crippen molar-refractivity contribution in [2.75, 3.05) is 7.11 Å². The number of carbonyl (C=O) groups is 1. The molecule has 0 bridgehead atoms. The summed E-state index contributed by atoms with van der Waals surface area (Å²) in [5, 5.41) is 11.0. The lowest BCUT2D eigenvalue weighted by atomic mass is 9.96. The molecular weight excluding hydrogens is 288 g/mol. The fourth-order valence-corrected chi connectivity index (χ4v) is 2.10. The van der Waals surface area contributed by atoms with Gasteiger partial charge in [-0.1, -0.05) is 12.1 Å². The molecule has 0 aromatic heterocycles. The first kappa shape index (κ1) is 15.5. The summed E-state index contributed by atoms with van der Waals surface area (Å²) in [5.74, 6) is 1.16. The van der Waals surface area contributed by atoms with Crippen LogP contribution in [0.4, 0.5) is 5.69 Å². The molecule has 0 spiro atoms. The topological polar surface area (TPSA) is 98.9 Å². The maximum atomic E-state index is 12.5. The summed E-state index contributed by atoms with van der Waals surface area (Å²) in [6.45, 7) is 1.58. The van der Waals surface area contributed by atoms with Gasteiger partial charge in [0.25, 0.3) is 5.69 Å². The van der Waals surface area contributed by atoms with E-state index in [2.05, 4.69) is 4.99 Å². The highest BCUT2D eigenvalue weighted by atomic mass is 16.6. The maximum Gasteiger partial charge on any atom is 0.273 e. The lowest BCUT2D eigenvalue weighted by Crippen LogP contribution is -2.33. The SMILES string of the molecule is COC1C(=C=O)C=CN=C1C(=O)c1ccc(C)c([N+](=O)[O-])c1. The molecule has 1 atom stereocenters. The van der Waals surface area contributed by atoms with Crippen molar-refractivity contribution in [1.82, 2.24) is 0 Å². The van der Waals surface area contributed by atoms with Gasteiger partial charge in [-0.05, 0) is 13.0 Å². The summed E-state index contributed by atoms with van der Waals surface area (Å²) in [6.07, 6.45) is 1.76. The lowest BCUT2D eigenvalue weighted by Gasteiger charge is -2.18. The predicted molar refractivity (Wildman–Crippen MR) is 78.7 cm³/mol. The largest absolute Gasteiger partial charge is 0.369 e. The minimum atomic E-state index is -0.935. The molecule has 0 radical (unpaired) electrons. The zero-order chi connectivity index (χ0) is 16.3. The Balaban J connectivity index is 2.46. The summed E-state index contributed by atoms with van der Waals surface area (Å²) < 4.78 is 5.12. The predicted octanol–water partition coefficient (Wildman–Crippen LogP) is 1.83. The van der Waals surface area contributed by atoms with Crippen LogP contribution in [0.15, 0.2) is 41.0 Å². The number of hydrogen-bond acceptors (Lipinski definition) is 6. The van der Waals surface area contributed by atoms with E-state index in [1.54, 1.807) is 12.9 Å². The number of hydrogen-bond donors (Lipinski definition) is 0. The molecule has 0 N–H and O–H groups in total. The number of nitro benzene ring substituents is 1. The van der Waals surface area contributed by atoms with Crippen LogP contribution in [0.2, 0.25) is 0 Å². The molecule has 1 aromatic carbocycles. The highest BCUT2D eigenvalue weighted by Gasteiger charge is 2.29. The molecular formula is C15H12N2O5. The molecule has 1 aromatic rings. The van der Waals surface area contributed by atoms with Crippen molar-refractivity contribution in [1.29, 1.82) is 0 Å². The molecule has 0 aliphatic carbocycles. The zero-order valence-corrected chi connectivity index (χ0v) is 11.9. The zero-order valence-electron chi connectivity index (χ0n) is 11.9. The third kappa shape index (κ3) is 2.76. The van der Waals surface area contributed by atoms with Crippen molar-refractivity contribution in [3.63, 3.8) is 0 Å². The number of ether oxygens (including phenoxy) is 1. The van der Waals surface area contributed by atoms with Crippen LogP contribution in [0.5, 0.6) is 0 Å². The molecule has 0 saturated heterocycles. The average Bonchev–Trinajstić information content (AvgIpc) is 2.53. The number of rotatable bonds is 4. The van der Waals surface area contributed by atoms with Gasteiger partial charge in [0.15, 0.2) is 0 Å². The van der Waals surface area contributed by atoms with E-state index in [-0.39, 0.29) is 22.5 Å². The van der Waals surface area contributed by atoms with Crippen LogP contribution < -0.4 is 0 Å². The van der Waals surface area contributed by atoms with Crippen LogP contribution in [-0.2, 0) is 9.53 Å². The Morgan fingerprint density at radius 3 is 2.77 bits per heavy atom. The number of carbonyl (C=O) groups excluding carboxylic acids is 2. The third-order valence-corrected chi connectivity index (χ3v) is 3.25. The molecule has 1 aliphatic rings. The van der Waals surface area contributed by atoms with Crippen molar-refractivity contribution in [2.24, 2.45) is 4.99 Å². The van der Waals surface area contributed by atoms with Crippen LogP contribution in [0.25, 0.3) is 0 Å². The van der Waals surface area contributed by atoms with Gasteiger partial charge in [-0.2, -0.15) is 0 Å². The van der Waals surface area contributed by atoms with Crippen LogP contribution in [0.1, 0.15) is 15.9 Å². The van der Waals surface area contributed by atoms with Crippen molar-refractivity contribution in [2.45, 2.75) is 13.0 Å². The molecule has 112 valence electrons. The van der Waals surface area contributed by atoms with Crippen LogP contribution >= 0.6 is 0 Å². The van der Waals surface area contributed by atoms with E-state index in [1.807, 2.05) is 0 Å². The molecule has 7 nitrogen and oxygen atoms in total. The normalized spacial score (nSPS) is 16.9. The van der Waals surface area contributed by atoms with Gasteiger partial charge in [-0.15, -0.1) is 0 Å². The van der Waals surface area contributed by atoms with E-state index in [1.165, 1.54) is 37.6 Å². The van der Waals surface area contributed by atoms with Crippen molar-refractivity contribution in [3.05, 3.63) is 57.3 Å². The summed E-state index contributed by atoms with van der Waals surface area (Å²) in [5.41, 5.74) is 0.532. The molecule has 0 saturated carbocycles. The first-order valence-corrected chi connectivity index (χ1v) is 6.31. The van der Waals surface area contributed by atoms with E-state index >= 15 is 0 Å². The molecule has 1 heterocycles. The van der Waals surface area contributed by atoms with E-state index in [9.17, 15) is 19.7 Å². The second-order valence-electron chi connectivity index (χ2n) is 4.59. The number of Topliss-reactive ketones (excluding diaryl/α,β-unsaturated/α-hetero) is 1. The second-order valence-corrected chi connectivity index (χ2v) is 4.59. The number of ketones is 1. The van der Waals surface area contributed by atoms with Gasteiger partial charge in [0, 0.05) is 30.5 Å². The molecule has 7 heteroatoms. The van der Waals surface area contributed by atoms with Gasteiger partial charge >= 0.3 is 0 Å². The standard InChI is InChI=1S/C15H12N2O5/c1-9-3-4-10(7-12(9)17(20)21)14(19)13-15(22-2)11(8-18)5-6-16-13/h3-7,15H,1-2H3. The van der Waals surface area contributed by atoms with Crippen LogP contribution in [0.3, 0.4) is 0 Å². The fourth-order valence-electron chi connectivity index (χ4n) is 2.10. The van der Waals surface area contributed by atoms with Gasteiger partial charge in [-0.3, -0.25) is 19.9 Å². The molecule has 22 heavy (non-hydrogen) atoms. The molecule has 0 amide bonds. The average molecular weight is 300 g/mol. The van der Waals surface area contributed by atoms with Crippen LogP contribution in [-0.4, -0.2) is 35.6 Å². The van der Waals surface area contributed by atoms with E-state index in [4.69, 9.17) is 4.74 Å². The Hall–Kier alpha value is -2.89. The van der Waals surface area contributed by atoms with Crippen molar-refractivity contribution < 1.29 is 19.2 Å². The first-order valence-electron chi connectivity index (χ1n) is 6.31. The van der Waals surface area contributed by atoms with Crippen LogP contribution in [0, 0.1) is 17.0 Å². The lowest BCUT2D eigenvalue weighted by molar-refractivity contribution is -0.385. The Kier molecular flexibility index (Phi) is 4.41. The van der Waals surface area contributed by atoms with Gasteiger partial charge in [-0.25, -0.2) is 4.79 Å².